The Balaban J connectivity index is 2.30. The summed E-state index contributed by atoms with van der Waals surface area (Å²) in [6.45, 7) is 1.68. The van der Waals surface area contributed by atoms with E-state index in [0.717, 1.165) is 5.56 Å². The lowest BCUT2D eigenvalue weighted by molar-refractivity contribution is 0.282. The Labute approximate surface area is 112 Å². The molecule has 100 valence electrons. The number of nitrogens with one attached hydrogen (secondary N) is 1. The zero-order valence-electron chi connectivity index (χ0n) is 10.4. The maximum atomic E-state index is 12.2. The average Bonchev–Trinajstić information content (AvgIpc) is 2.41. The normalized spacial score (nSPS) is 11.3. The molecule has 0 saturated carbocycles. The van der Waals surface area contributed by atoms with Gasteiger partial charge >= 0.3 is 0 Å². The maximum Gasteiger partial charge on any atom is 0.261 e. The smallest absolute Gasteiger partial charge is 0.261 e. The summed E-state index contributed by atoms with van der Waals surface area (Å²) < 4.78 is 26.8. The second kappa shape index (κ2) is 5.38. The predicted octanol–water partition coefficient (Wildman–Crippen LogP) is 1.68. The van der Waals surface area contributed by atoms with Crippen molar-refractivity contribution >= 4 is 15.7 Å². The molecule has 0 spiro atoms. The van der Waals surface area contributed by atoms with Crippen LogP contribution in [0.2, 0.25) is 0 Å². The second-order valence-electron chi connectivity index (χ2n) is 4.10. The fraction of sp³-hybridized carbons (Fsp3) is 0.154. The van der Waals surface area contributed by atoms with Gasteiger partial charge in [-0.1, -0.05) is 12.1 Å². The zero-order chi connectivity index (χ0) is 13.9. The summed E-state index contributed by atoms with van der Waals surface area (Å²) in [5, 5.41) is 8.93. The lowest BCUT2D eigenvalue weighted by Crippen LogP contribution is -2.13. The van der Waals surface area contributed by atoms with Gasteiger partial charge in [0.1, 0.15) is 0 Å². The lowest BCUT2D eigenvalue weighted by atomic mass is 10.2. The molecular weight excluding hydrogens is 264 g/mol. The van der Waals surface area contributed by atoms with Crippen molar-refractivity contribution in [3.05, 3.63) is 53.9 Å². The second-order valence-corrected chi connectivity index (χ2v) is 5.78. The summed E-state index contributed by atoms with van der Waals surface area (Å²) in [7, 11) is -3.63. The number of benzene rings is 1. The molecule has 0 bridgehead atoms. The number of aliphatic hydroxyl groups excluding tert-OH is 1. The van der Waals surface area contributed by atoms with Crippen molar-refractivity contribution in [3.8, 4) is 0 Å². The van der Waals surface area contributed by atoms with Crippen LogP contribution < -0.4 is 4.72 Å². The summed E-state index contributed by atoms with van der Waals surface area (Å²) in [6, 6.07) is 7.79. The molecule has 2 aromatic rings. The fourth-order valence-corrected chi connectivity index (χ4v) is 2.66. The van der Waals surface area contributed by atoms with Gasteiger partial charge in [0.15, 0.2) is 0 Å². The molecule has 2 N–H and O–H groups in total. The van der Waals surface area contributed by atoms with Crippen molar-refractivity contribution in [2.75, 3.05) is 4.72 Å². The molecule has 0 radical (unpaired) electrons. The third kappa shape index (κ3) is 3.10. The number of aryl methyl sites for hydroxylation is 1. The number of hydrogen-bond donors (Lipinski definition) is 2. The minimum absolute atomic E-state index is 0.116. The lowest BCUT2D eigenvalue weighted by Gasteiger charge is -2.10. The summed E-state index contributed by atoms with van der Waals surface area (Å²) >= 11 is 0. The van der Waals surface area contributed by atoms with Crippen LogP contribution in [0.3, 0.4) is 0 Å². The standard InChI is InChI=1S/C13H14N2O3S/c1-10-6-7-14-8-13(10)15-19(17,18)12-4-2-11(9-16)3-5-12/h2-8,15-16H,9H2,1H3. The van der Waals surface area contributed by atoms with Crippen molar-refractivity contribution in [3.63, 3.8) is 0 Å². The van der Waals surface area contributed by atoms with Crippen LogP contribution in [0.25, 0.3) is 0 Å². The van der Waals surface area contributed by atoms with Crippen LogP contribution in [0, 0.1) is 6.92 Å². The average molecular weight is 278 g/mol. The number of hydrogen-bond acceptors (Lipinski definition) is 4. The van der Waals surface area contributed by atoms with Gasteiger partial charge < -0.3 is 5.11 Å². The Morgan fingerprint density at radius 3 is 2.47 bits per heavy atom. The van der Waals surface area contributed by atoms with Crippen molar-refractivity contribution in [1.29, 1.82) is 0 Å². The maximum absolute atomic E-state index is 12.2. The first kappa shape index (κ1) is 13.5. The van der Waals surface area contributed by atoms with E-state index >= 15 is 0 Å². The Morgan fingerprint density at radius 2 is 1.89 bits per heavy atom. The van der Waals surface area contributed by atoms with E-state index in [1.807, 2.05) is 0 Å². The molecular formula is C13H14N2O3S. The van der Waals surface area contributed by atoms with E-state index in [1.54, 1.807) is 31.3 Å². The highest BCUT2D eigenvalue weighted by Crippen LogP contribution is 2.18. The SMILES string of the molecule is Cc1ccncc1NS(=O)(=O)c1ccc(CO)cc1. The van der Waals surface area contributed by atoms with Crippen LogP contribution in [-0.2, 0) is 16.6 Å². The summed E-state index contributed by atoms with van der Waals surface area (Å²) in [5.74, 6) is 0. The molecule has 0 aliphatic heterocycles. The number of rotatable bonds is 4. The highest BCUT2D eigenvalue weighted by Gasteiger charge is 2.14. The molecule has 2 rings (SSSR count). The highest BCUT2D eigenvalue weighted by atomic mass is 32.2. The summed E-state index contributed by atoms with van der Waals surface area (Å²) in [6.07, 6.45) is 3.07. The van der Waals surface area contributed by atoms with Crippen molar-refractivity contribution in [1.82, 2.24) is 4.98 Å². The van der Waals surface area contributed by atoms with E-state index in [-0.39, 0.29) is 11.5 Å². The van der Waals surface area contributed by atoms with E-state index in [2.05, 4.69) is 9.71 Å². The first-order valence-electron chi connectivity index (χ1n) is 5.66. The Bertz CT molecular complexity index is 667. The zero-order valence-corrected chi connectivity index (χ0v) is 11.2. The van der Waals surface area contributed by atoms with Gasteiger partial charge in [0, 0.05) is 6.20 Å². The van der Waals surface area contributed by atoms with Gasteiger partial charge in [-0.05, 0) is 36.2 Å². The van der Waals surface area contributed by atoms with E-state index in [1.165, 1.54) is 18.3 Å². The molecule has 0 atom stereocenters. The van der Waals surface area contributed by atoms with E-state index in [4.69, 9.17) is 5.11 Å². The molecule has 0 saturated heterocycles. The van der Waals surface area contributed by atoms with Gasteiger partial charge in [0.25, 0.3) is 10.0 Å². The van der Waals surface area contributed by atoms with Gasteiger partial charge in [0.05, 0.1) is 23.4 Å². The van der Waals surface area contributed by atoms with Crippen molar-refractivity contribution in [2.24, 2.45) is 0 Å². The van der Waals surface area contributed by atoms with Gasteiger partial charge in [-0.15, -0.1) is 0 Å². The van der Waals surface area contributed by atoms with Gasteiger partial charge in [0.2, 0.25) is 0 Å². The number of anilines is 1. The topological polar surface area (TPSA) is 79.3 Å². The quantitative estimate of drug-likeness (QED) is 0.892. The fourth-order valence-electron chi connectivity index (χ4n) is 1.55. The molecule has 1 aromatic heterocycles. The van der Waals surface area contributed by atoms with Crippen LogP contribution in [-0.4, -0.2) is 18.5 Å². The van der Waals surface area contributed by atoms with Crippen molar-refractivity contribution in [2.45, 2.75) is 18.4 Å². The first-order valence-corrected chi connectivity index (χ1v) is 7.14. The molecule has 0 fully saturated rings. The number of nitrogens with zero attached hydrogens (tertiary/aromatic N) is 1. The van der Waals surface area contributed by atoms with E-state index in [9.17, 15) is 8.42 Å². The Morgan fingerprint density at radius 1 is 1.21 bits per heavy atom. The molecule has 1 heterocycles. The van der Waals surface area contributed by atoms with Crippen LogP contribution in [0.5, 0.6) is 0 Å². The monoisotopic (exact) mass is 278 g/mol. The van der Waals surface area contributed by atoms with Crippen LogP contribution in [0.4, 0.5) is 5.69 Å². The molecule has 19 heavy (non-hydrogen) atoms. The van der Waals surface area contributed by atoms with Gasteiger partial charge in [-0.2, -0.15) is 0 Å². The van der Waals surface area contributed by atoms with Crippen LogP contribution in [0.1, 0.15) is 11.1 Å². The van der Waals surface area contributed by atoms with Gasteiger partial charge in [-0.3, -0.25) is 9.71 Å². The summed E-state index contributed by atoms with van der Waals surface area (Å²) in [4.78, 5) is 4.04. The molecule has 1 aromatic carbocycles. The molecule has 6 heteroatoms. The molecule has 5 nitrogen and oxygen atoms in total. The van der Waals surface area contributed by atoms with Crippen molar-refractivity contribution < 1.29 is 13.5 Å². The van der Waals surface area contributed by atoms with E-state index < -0.39 is 10.0 Å². The number of aliphatic hydroxyl groups is 1. The van der Waals surface area contributed by atoms with E-state index in [0.29, 0.717) is 11.3 Å². The molecule has 0 amide bonds. The van der Waals surface area contributed by atoms with Crippen LogP contribution >= 0.6 is 0 Å². The third-order valence-electron chi connectivity index (χ3n) is 2.70. The number of aromatic nitrogens is 1. The highest BCUT2D eigenvalue weighted by molar-refractivity contribution is 7.92. The number of pyridine rings is 1. The third-order valence-corrected chi connectivity index (χ3v) is 4.08. The molecule has 0 aliphatic carbocycles. The largest absolute Gasteiger partial charge is 0.392 e. The Kier molecular flexibility index (Phi) is 3.82. The minimum atomic E-state index is -3.63. The first-order chi connectivity index (χ1) is 9.03. The number of sulfonamides is 1. The Hall–Kier alpha value is -1.92. The minimum Gasteiger partial charge on any atom is -0.392 e. The predicted molar refractivity (Wildman–Crippen MR) is 72.1 cm³/mol. The molecule has 0 unspecified atom stereocenters. The van der Waals surface area contributed by atoms with Crippen LogP contribution in [0.15, 0.2) is 47.6 Å². The summed E-state index contributed by atoms with van der Waals surface area (Å²) in [5.41, 5.74) is 1.91. The van der Waals surface area contributed by atoms with Gasteiger partial charge in [-0.25, -0.2) is 8.42 Å². The molecule has 0 aliphatic rings.